The Bertz CT molecular complexity index is 489. The third-order valence-electron chi connectivity index (χ3n) is 4.57. The van der Waals surface area contributed by atoms with Gasteiger partial charge in [-0.2, -0.15) is 0 Å². The molecular weight excluding hydrogens is 274 g/mol. The van der Waals surface area contributed by atoms with E-state index in [4.69, 9.17) is 5.73 Å². The summed E-state index contributed by atoms with van der Waals surface area (Å²) < 4.78 is 0. The third-order valence-corrected chi connectivity index (χ3v) is 4.57. The van der Waals surface area contributed by atoms with Crippen molar-refractivity contribution in [2.45, 2.75) is 46.1 Å². The first-order valence-corrected chi connectivity index (χ1v) is 8.55. The first kappa shape index (κ1) is 16.8. The maximum Gasteiger partial charge on any atom is 0.253 e. The number of benzene rings is 1. The first-order valence-electron chi connectivity index (χ1n) is 8.55. The van der Waals surface area contributed by atoms with Gasteiger partial charge in [-0.3, -0.25) is 9.69 Å². The summed E-state index contributed by atoms with van der Waals surface area (Å²) in [5, 5.41) is 0. The van der Waals surface area contributed by atoms with E-state index in [1.807, 2.05) is 23.1 Å². The van der Waals surface area contributed by atoms with E-state index in [2.05, 4.69) is 18.7 Å². The fourth-order valence-corrected chi connectivity index (χ4v) is 3.02. The van der Waals surface area contributed by atoms with Crippen LogP contribution < -0.4 is 5.73 Å². The molecule has 0 radical (unpaired) electrons. The van der Waals surface area contributed by atoms with Crippen LogP contribution in [0.3, 0.4) is 0 Å². The van der Waals surface area contributed by atoms with Crippen molar-refractivity contribution in [2.24, 2.45) is 0 Å². The van der Waals surface area contributed by atoms with Gasteiger partial charge in [0.2, 0.25) is 0 Å². The van der Waals surface area contributed by atoms with Crippen molar-refractivity contribution in [1.29, 1.82) is 0 Å². The second-order valence-corrected chi connectivity index (χ2v) is 6.08. The zero-order valence-electron chi connectivity index (χ0n) is 14.0. The maximum atomic E-state index is 12.6. The van der Waals surface area contributed by atoms with Gasteiger partial charge in [-0.15, -0.1) is 0 Å². The molecule has 1 aromatic rings. The van der Waals surface area contributed by atoms with Gasteiger partial charge in [-0.1, -0.05) is 32.8 Å². The van der Waals surface area contributed by atoms with E-state index in [0.29, 0.717) is 0 Å². The minimum Gasteiger partial charge on any atom is -0.398 e. The molecule has 1 aliphatic rings. The molecule has 2 N–H and O–H groups in total. The normalized spacial score (nSPS) is 15.9. The van der Waals surface area contributed by atoms with Crippen LogP contribution in [0.5, 0.6) is 0 Å². The number of nitrogens with zero attached hydrogens (tertiary/aromatic N) is 2. The average Bonchev–Trinajstić information content (AvgIpc) is 2.82. The number of hydrogen-bond donors (Lipinski definition) is 1. The summed E-state index contributed by atoms with van der Waals surface area (Å²) in [5.74, 6) is 0.128. The molecular formula is C18H29N3O. The van der Waals surface area contributed by atoms with Gasteiger partial charge in [0.25, 0.3) is 5.91 Å². The predicted octanol–water partition coefficient (Wildman–Crippen LogP) is 3.13. The molecule has 0 aliphatic carbocycles. The standard InChI is InChI=1S/C18H29N3O/c1-3-20(4-2)14-16-10-9-15(13-17(16)19)18(22)21-11-7-5-6-8-12-21/h9-10,13H,3-8,11-12,14,19H2,1-2H3. The van der Waals surface area contributed by atoms with Crippen molar-refractivity contribution in [3.63, 3.8) is 0 Å². The molecule has 1 amide bonds. The van der Waals surface area contributed by atoms with Crippen LogP contribution in [0.25, 0.3) is 0 Å². The Hall–Kier alpha value is -1.55. The molecule has 0 aromatic heterocycles. The summed E-state index contributed by atoms with van der Waals surface area (Å²) in [7, 11) is 0. The van der Waals surface area contributed by atoms with Gasteiger partial charge in [0, 0.05) is 30.9 Å². The molecule has 22 heavy (non-hydrogen) atoms. The molecule has 4 heteroatoms. The Balaban J connectivity index is 2.09. The summed E-state index contributed by atoms with van der Waals surface area (Å²) in [6, 6.07) is 5.80. The first-order chi connectivity index (χ1) is 10.7. The molecule has 0 unspecified atom stereocenters. The van der Waals surface area contributed by atoms with Gasteiger partial charge < -0.3 is 10.6 Å². The minimum absolute atomic E-state index is 0.128. The van der Waals surface area contributed by atoms with Gasteiger partial charge in [-0.05, 0) is 43.6 Å². The zero-order chi connectivity index (χ0) is 15.9. The fourth-order valence-electron chi connectivity index (χ4n) is 3.02. The van der Waals surface area contributed by atoms with E-state index in [-0.39, 0.29) is 5.91 Å². The lowest BCUT2D eigenvalue weighted by atomic mass is 10.1. The zero-order valence-corrected chi connectivity index (χ0v) is 14.0. The van der Waals surface area contributed by atoms with Gasteiger partial charge in [-0.25, -0.2) is 0 Å². The van der Waals surface area contributed by atoms with Crippen molar-refractivity contribution in [1.82, 2.24) is 9.80 Å². The SMILES string of the molecule is CCN(CC)Cc1ccc(C(=O)N2CCCCCC2)cc1N. The summed E-state index contributed by atoms with van der Waals surface area (Å²) in [4.78, 5) is 16.9. The highest BCUT2D eigenvalue weighted by Gasteiger charge is 2.18. The van der Waals surface area contributed by atoms with Crippen molar-refractivity contribution in [3.8, 4) is 0 Å². The lowest BCUT2D eigenvalue weighted by molar-refractivity contribution is 0.0761. The van der Waals surface area contributed by atoms with Crippen LogP contribution in [-0.4, -0.2) is 41.9 Å². The molecule has 2 rings (SSSR count). The molecule has 4 nitrogen and oxygen atoms in total. The molecule has 1 aromatic carbocycles. The number of hydrogen-bond acceptors (Lipinski definition) is 3. The second-order valence-electron chi connectivity index (χ2n) is 6.08. The number of likely N-dealkylation sites (tertiary alicyclic amines) is 1. The number of amides is 1. The Kier molecular flexibility index (Phi) is 6.25. The van der Waals surface area contributed by atoms with E-state index in [9.17, 15) is 4.79 Å². The Morgan fingerprint density at radius 2 is 1.77 bits per heavy atom. The highest BCUT2D eigenvalue weighted by molar-refractivity contribution is 5.95. The lowest BCUT2D eigenvalue weighted by Gasteiger charge is -2.22. The summed E-state index contributed by atoms with van der Waals surface area (Å²) in [6.07, 6.45) is 4.69. The monoisotopic (exact) mass is 303 g/mol. The fraction of sp³-hybridized carbons (Fsp3) is 0.611. The Morgan fingerprint density at radius 3 is 2.32 bits per heavy atom. The quantitative estimate of drug-likeness (QED) is 0.850. The van der Waals surface area contributed by atoms with Gasteiger partial charge in [0.15, 0.2) is 0 Å². The summed E-state index contributed by atoms with van der Waals surface area (Å²) >= 11 is 0. The van der Waals surface area contributed by atoms with Crippen LogP contribution in [0.4, 0.5) is 5.69 Å². The topological polar surface area (TPSA) is 49.6 Å². The van der Waals surface area contributed by atoms with Gasteiger partial charge in [0.1, 0.15) is 0 Å². The molecule has 0 bridgehead atoms. The van der Waals surface area contributed by atoms with Gasteiger partial charge in [0.05, 0.1) is 0 Å². The number of carbonyl (C=O) groups excluding carboxylic acids is 1. The molecule has 0 spiro atoms. The highest BCUT2D eigenvalue weighted by Crippen LogP contribution is 2.19. The summed E-state index contributed by atoms with van der Waals surface area (Å²) in [6.45, 7) is 8.90. The molecule has 1 saturated heterocycles. The van der Waals surface area contributed by atoms with Crippen LogP contribution in [-0.2, 0) is 6.54 Å². The van der Waals surface area contributed by atoms with E-state index in [0.717, 1.165) is 62.4 Å². The lowest BCUT2D eigenvalue weighted by Crippen LogP contribution is -2.32. The van der Waals surface area contributed by atoms with Crippen LogP contribution in [0.1, 0.15) is 55.5 Å². The number of rotatable bonds is 5. The van der Waals surface area contributed by atoms with Crippen molar-refractivity contribution in [3.05, 3.63) is 29.3 Å². The molecule has 1 heterocycles. The molecule has 1 fully saturated rings. The molecule has 0 atom stereocenters. The smallest absolute Gasteiger partial charge is 0.253 e. The molecule has 0 saturated carbocycles. The number of nitrogens with two attached hydrogens (primary N) is 1. The predicted molar refractivity (Wildman–Crippen MR) is 91.9 cm³/mol. The van der Waals surface area contributed by atoms with Crippen LogP contribution in [0, 0.1) is 0 Å². The highest BCUT2D eigenvalue weighted by atomic mass is 16.2. The van der Waals surface area contributed by atoms with Crippen LogP contribution >= 0.6 is 0 Å². The molecule has 122 valence electrons. The van der Waals surface area contributed by atoms with E-state index < -0.39 is 0 Å². The number of nitrogen functional groups attached to an aromatic ring is 1. The van der Waals surface area contributed by atoms with Gasteiger partial charge >= 0.3 is 0 Å². The Morgan fingerprint density at radius 1 is 1.14 bits per heavy atom. The average molecular weight is 303 g/mol. The Labute approximate surface area is 134 Å². The van der Waals surface area contributed by atoms with Crippen LogP contribution in [0.2, 0.25) is 0 Å². The molecule has 1 aliphatic heterocycles. The van der Waals surface area contributed by atoms with E-state index in [1.54, 1.807) is 0 Å². The van der Waals surface area contributed by atoms with E-state index in [1.165, 1.54) is 12.8 Å². The summed E-state index contributed by atoms with van der Waals surface area (Å²) in [5.41, 5.74) is 8.74. The van der Waals surface area contributed by atoms with E-state index >= 15 is 0 Å². The third kappa shape index (κ3) is 4.23. The minimum atomic E-state index is 0.128. The van der Waals surface area contributed by atoms with Crippen molar-refractivity contribution >= 4 is 11.6 Å². The largest absolute Gasteiger partial charge is 0.398 e. The second kappa shape index (κ2) is 8.18. The van der Waals surface area contributed by atoms with Crippen LogP contribution in [0.15, 0.2) is 18.2 Å². The number of anilines is 1. The van der Waals surface area contributed by atoms with Crippen molar-refractivity contribution in [2.75, 3.05) is 31.9 Å². The van der Waals surface area contributed by atoms with Crippen molar-refractivity contribution < 1.29 is 4.79 Å². The number of carbonyl (C=O) groups is 1. The maximum absolute atomic E-state index is 12.6.